The smallest absolute Gasteiger partial charge is 0.315 e. The fraction of sp³-hybridized carbons (Fsp3) is 0.211. The van der Waals surface area contributed by atoms with Crippen LogP contribution in [0.3, 0.4) is 0 Å². The summed E-state index contributed by atoms with van der Waals surface area (Å²) in [5.41, 5.74) is 3.76. The lowest BCUT2D eigenvalue weighted by Gasteiger charge is -2.06. The molecule has 3 rings (SSSR count). The molecule has 1 aromatic heterocycles. The number of furan rings is 1. The van der Waals surface area contributed by atoms with Gasteiger partial charge in [-0.2, -0.15) is 0 Å². The van der Waals surface area contributed by atoms with Gasteiger partial charge in [-0.15, -0.1) is 0 Å². The molecule has 4 heteroatoms. The molecule has 0 N–H and O–H groups in total. The van der Waals surface area contributed by atoms with Crippen LogP contribution >= 0.6 is 0 Å². The van der Waals surface area contributed by atoms with E-state index in [0.717, 1.165) is 22.3 Å². The van der Waals surface area contributed by atoms with E-state index in [2.05, 4.69) is 0 Å². The van der Waals surface area contributed by atoms with E-state index >= 15 is 0 Å². The van der Waals surface area contributed by atoms with Crippen LogP contribution in [0, 0.1) is 13.8 Å². The molecule has 118 valence electrons. The van der Waals surface area contributed by atoms with E-state index in [-0.39, 0.29) is 12.4 Å². The highest BCUT2D eigenvalue weighted by atomic mass is 16.5. The van der Waals surface area contributed by atoms with Gasteiger partial charge in [0.15, 0.2) is 0 Å². The Kier molecular flexibility index (Phi) is 4.06. The number of benzene rings is 2. The monoisotopic (exact) mass is 310 g/mol. The van der Waals surface area contributed by atoms with E-state index in [1.54, 1.807) is 25.5 Å². The molecule has 0 aliphatic heterocycles. The molecule has 0 spiro atoms. The van der Waals surface area contributed by atoms with E-state index in [4.69, 9.17) is 13.9 Å². The molecule has 0 saturated heterocycles. The number of carbonyl (C=O) groups is 1. The van der Waals surface area contributed by atoms with Crippen LogP contribution in [0.25, 0.3) is 11.0 Å². The molecule has 2 aromatic carbocycles. The first kappa shape index (κ1) is 15.2. The third-order valence-electron chi connectivity index (χ3n) is 3.91. The quantitative estimate of drug-likeness (QED) is 0.535. The van der Waals surface area contributed by atoms with E-state index < -0.39 is 0 Å². The average molecular weight is 310 g/mol. The van der Waals surface area contributed by atoms with Gasteiger partial charge in [0.1, 0.15) is 17.1 Å². The summed E-state index contributed by atoms with van der Waals surface area (Å²) >= 11 is 0. The number of carbonyl (C=O) groups excluding carboxylic acids is 1. The minimum Gasteiger partial charge on any atom is -0.497 e. The first-order chi connectivity index (χ1) is 11.1. The fourth-order valence-electron chi connectivity index (χ4n) is 2.43. The van der Waals surface area contributed by atoms with Crippen molar-refractivity contribution in [2.75, 3.05) is 7.11 Å². The van der Waals surface area contributed by atoms with E-state index in [0.29, 0.717) is 11.3 Å². The van der Waals surface area contributed by atoms with Crippen molar-refractivity contribution in [1.82, 2.24) is 0 Å². The second-order valence-electron chi connectivity index (χ2n) is 5.52. The number of esters is 1. The maximum atomic E-state index is 12.2. The number of hydrogen-bond donors (Lipinski definition) is 0. The van der Waals surface area contributed by atoms with Crippen molar-refractivity contribution in [2.24, 2.45) is 0 Å². The molecule has 0 aliphatic rings. The summed E-state index contributed by atoms with van der Waals surface area (Å²) in [5, 5.41) is 0.892. The summed E-state index contributed by atoms with van der Waals surface area (Å²) in [6.07, 6.45) is 1.75. The van der Waals surface area contributed by atoms with Crippen LogP contribution in [0.1, 0.15) is 16.7 Å². The van der Waals surface area contributed by atoms with Gasteiger partial charge in [0.25, 0.3) is 0 Å². The highest BCUT2D eigenvalue weighted by Crippen LogP contribution is 2.26. The predicted octanol–water partition coefficient (Wildman–Crippen LogP) is 4.21. The number of rotatable bonds is 4. The summed E-state index contributed by atoms with van der Waals surface area (Å²) in [7, 11) is 1.60. The van der Waals surface area contributed by atoms with Gasteiger partial charge < -0.3 is 13.9 Å². The van der Waals surface area contributed by atoms with Crippen molar-refractivity contribution < 1.29 is 18.7 Å². The van der Waals surface area contributed by atoms with Gasteiger partial charge in [0, 0.05) is 17.0 Å². The fourth-order valence-corrected chi connectivity index (χ4v) is 2.43. The zero-order valence-electron chi connectivity index (χ0n) is 13.4. The third kappa shape index (κ3) is 3.21. The first-order valence-electron chi connectivity index (χ1n) is 7.39. The standard InChI is InChI=1S/C19H18O4/c1-12-4-5-16(8-13(12)2)23-19(20)9-14-11-22-18-10-15(21-3)6-7-17(14)18/h4-8,10-11H,9H2,1-3H3. The van der Waals surface area contributed by atoms with Crippen molar-refractivity contribution in [3.63, 3.8) is 0 Å². The topological polar surface area (TPSA) is 48.7 Å². The SMILES string of the molecule is COc1ccc2c(CC(=O)Oc3ccc(C)c(C)c3)coc2c1. The van der Waals surface area contributed by atoms with Crippen molar-refractivity contribution in [3.8, 4) is 11.5 Å². The Bertz CT molecular complexity index is 861. The first-order valence-corrected chi connectivity index (χ1v) is 7.39. The Labute approximate surface area is 134 Å². The lowest BCUT2D eigenvalue weighted by atomic mass is 10.1. The van der Waals surface area contributed by atoms with Gasteiger partial charge in [0.2, 0.25) is 0 Å². The third-order valence-corrected chi connectivity index (χ3v) is 3.91. The molecule has 3 aromatic rings. The maximum Gasteiger partial charge on any atom is 0.315 e. The van der Waals surface area contributed by atoms with E-state index in [9.17, 15) is 4.79 Å². The molecule has 0 fully saturated rings. The molecule has 23 heavy (non-hydrogen) atoms. The molecular weight excluding hydrogens is 292 g/mol. The van der Waals surface area contributed by atoms with Crippen LogP contribution in [0.4, 0.5) is 0 Å². The number of ether oxygens (including phenoxy) is 2. The largest absolute Gasteiger partial charge is 0.497 e. The second-order valence-corrected chi connectivity index (χ2v) is 5.52. The molecule has 0 bridgehead atoms. The van der Waals surface area contributed by atoms with Crippen molar-refractivity contribution in [1.29, 1.82) is 0 Å². The Hall–Kier alpha value is -2.75. The number of fused-ring (bicyclic) bond motifs is 1. The number of aryl methyl sites for hydroxylation is 2. The lowest BCUT2D eigenvalue weighted by Crippen LogP contribution is -2.11. The predicted molar refractivity (Wildman–Crippen MR) is 88.0 cm³/mol. The minimum atomic E-state index is -0.313. The van der Waals surface area contributed by atoms with Crippen LogP contribution in [0.2, 0.25) is 0 Å². The van der Waals surface area contributed by atoms with Crippen LogP contribution < -0.4 is 9.47 Å². The summed E-state index contributed by atoms with van der Waals surface area (Å²) in [6.45, 7) is 4.01. The Balaban J connectivity index is 1.76. The van der Waals surface area contributed by atoms with Gasteiger partial charge in [-0.3, -0.25) is 4.79 Å². The zero-order valence-corrected chi connectivity index (χ0v) is 13.4. The lowest BCUT2D eigenvalue weighted by molar-refractivity contribution is -0.133. The molecule has 0 amide bonds. The molecule has 0 atom stereocenters. The van der Waals surface area contributed by atoms with Gasteiger partial charge in [-0.1, -0.05) is 6.07 Å². The summed E-state index contributed by atoms with van der Waals surface area (Å²) in [6, 6.07) is 11.1. The minimum absolute atomic E-state index is 0.159. The van der Waals surface area contributed by atoms with E-state index in [1.807, 2.05) is 38.1 Å². The number of hydrogen-bond acceptors (Lipinski definition) is 4. The normalized spacial score (nSPS) is 10.7. The van der Waals surface area contributed by atoms with Gasteiger partial charge >= 0.3 is 5.97 Å². The number of methoxy groups -OCH3 is 1. The molecule has 4 nitrogen and oxygen atoms in total. The summed E-state index contributed by atoms with van der Waals surface area (Å²) in [4.78, 5) is 12.2. The summed E-state index contributed by atoms with van der Waals surface area (Å²) in [5.74, 6) is 0.968. The second kappa shape index (κ2) is 6.16. The van der Waals surface area contributed by atoms with Crippen LogP contribution in [0.5, 0.6) is 11.5 Å². The highest BCUT2D eigenvalue weighted by Gasteiger charge is 2.13. The Morgan fingerprint density at radius 2 is 1.83 bits per heavy atom. The molecular formula is C19H18O4. The maximum absolute atomic E-state index is 12.2. The summed E-state index contributed by atoms with van der Waals surface area (Å²) < 4.78 is 16.1. The average Bonchev–Trinajstić information content (AvgIpc) is 2.93. The molecule has 1 heterocycles. The van der Waals surface area contributed by atoms with Gasteiger partial charge in [-0.25, -0.2) is 0 Å². The van der Waals surface area contributed by atoms with Crippen molar-refractivity contribution in [2.45, 2.75) is 20.3 Å². The Morgan fingerprint density at radius 1 is 1.04 bits per heavy atom. The molecule has 0 aliphatic carbocycles. The van der Waals surface area contributed by atoms with Crippen molar-refractivity contribution in [3.05, 3.63) is 59.4 Å². The van der Waals surface area contributed by atoms with Crippen LogP contribution in [-0.2, 0) is 11.2 Å². The van der Waals surface area contributed by atoms with Crippen molar-refractivity contribution >= 4 is 16.9 Å². The molecule has 0 unspecified atom stereocenters. The molecule has 0 saturated carbocycles. The van der Waals surface area contributed by atoms with Gasteiger partial charge in [0.05, 0.1) is 19.8 Å². The van der Waals surface area contributed by atoms with Crippen LogP contribution in [0.15, 0.2) is 47.1 Å². The zero-order chi connectivity index (χ0) is 16.4. The van der Waals surface area contributed by atoms with Crippen LogP contribution in [-0.4, -0.2) is 13.1 Å². The highest BCUT2D eigenvalue weighted by molar-refractivity contribution is 5.87. The van der Waals surface area contributed by atoms with E-state index in [1.165, 1.54) is 5.56 Å². The molecule has 0 radical (unpaired) electrons. The van der Waals surface area contributed by atoms with Gasteiger partial charge in [-0.05, 0) is 49.2 Å². The Morgan fingerprint density at radius 3 is 2.57 bits per heavy atom.